The maximum atomic E-state index is 11.8. The van der Waals surface area contributed by atoms with Crippen molar-refractivity contribution in [2.75, 3.05) is 24.8 Å². The first-order chi connectivity index (χ1) is 14.0. The summed E-state index contributed by atoms with van der Waals surface area (Å²) >= 11 is 2.72. The maximum absolute atomic E-state index is 11.8. The van der Waals surface area contributed by atoms with Crippen molar-refractivity contribution in [3.63, 3.8) is 0 Å². The maximum Gasteiger partial charge on any atom is 0.325 e. The number of thioether (sulfide) groups is 1. The average Bonchev–Trinajstić information content (AvgIpc) is 3.14. The average molecular weight is 431 g/mol. The third-order valence-corrected chi connectivity index (χ3v) is 5.71. The van der Waals surface area contributed by atoms with Crippen molar-refractivity contribution in [1.82, 2.24) is 10.3 Å². The summed E-state index contributed by atoms with van der Waals surface area (Å²) in [6.07, 6.45) is 0. The van der Waals surface area contributed by atoms with Crippen LogP contribution in [-0.2, 0) is 14.3 Å². The Bertz CT molecular complexity index is 987. The molecule has 0 aliphatic heterocycles. The Morgan fingerprint density at radius 2 is 1.86 bits per heavy atom. The minimum Gasteiger partial charge on any atom is -0.497 e. The lowest BCUT2D eigenvalue weighted by Crippen LogP contribution is -2.37. The van der Waals surface area contributed by atoms with Crippen LogP contribution >= 0.6 is 23.1 Å². The number of nitrogens with zero attached hydrogens (tertiary/aromatic N) is 1. The summed E-state index contributed by atoms with van der Waals surface area (Å²) in [6, 6.07) is 13.5. The number of rotatable bonds is 7. The van der Waals surface area contributed by atoms with Gasteiger partial charge in [0.15, 0.2) is 10.9 Å². The Morgan fingerprint density at radius 1 is 1.10 bits per heavy atom. The second kappa shape index (κ2) is 9.89. The molecular weight excluding hydrogens is 414 g/mol. The van der Waals surface area contributed by atoms with E-state index < -0.39 is 24.5 Å². The van der Waals surface area contributed by atoms with Crippen LogP contribution in [-0.4, -0.2) is 42.4 Å². The van der Waals surface area contributed by atoms with Crippen LogP contribution in [0.4, 0.5) is 10.5 Å². The predicted molar refractivity (Wildman–Crippen MR) is 111 cm³/mol. The van der Waals surface area contributed by atoms with E-state index in [0.717, 1.165) is 14.6 Å². The number of carbonyl (C=O) groups is 3. The number of thiazole rings is 1. The predicted octanol–water partition coefficient (Wildman–Crippen LogP) is 3.29. The molecule has 150 valence electrons. The first-order valence-electron chi connectivity index (χ1n) is 8.42. The zero-order valence-corrected chi connectivity index (χ0v) is 17.0. The van der Waals surface area contributed by atoms with Crippen LogP contribution in [0.5, 0.6) is 5.75 Å². The summed E-state index contributed by atoms with van der Waals surface area (Å²) in [7, 11) is 1.53. The number of urea groups is 1. The molecule has 8 nitrogen and oxygen atoms in total. The van der Waals surface area contributed by atoms with Crippen LogP contribution in [0.3, 0.4) is 0 Å². The normalized spacial score (nSPS) is 10.4. The Hall–Kier alpha value is -3.11. The van der Waals surface area contributed by atoms with Gasteiger partial charge >= 0.3 is 12.0 Å². The highest BCUT2D eigenvalue weighted by Crippen LogP contribution is 2.29. The molecule has 0 atom stereocenters. The van der Waals surface area contributed by atoms with Crippen molar-refractivity contribution >= 4 is 56.9 Å². The molecule has 3 aromatic rings. The first kappa shape index (κ1) is 20.6. The third-order valence-electron chi connectivity index (χ3n) is 3.55. The number of imide groups is 1. The van der Waals surface area contributed by atoms with E-state index in [-0.39, 0.29) is 5.75 Å². The minimum absolute atomic E-state index is 0.0190. The van der Waals surface area contributed by atoms with Gasteiger partial charge in [0.2, 0.25) is 0 Å². The number of hydrogen-bond acceptors (Lipinski definition) is 8. The van der Waals surface area contributed by atoms with Gasteiger partial charge in [-0.15, -0.1) is 11.3 Å². The fourth-order valence-electron chi connectivity index (χ4n) is 2.22. The standard InChI is InChI=1S/C19H17N3O5S2/c1-26-13-8-6-12(7-9-13)20-18(25)22-16(23)10-27-17(24)11-28-19-21-14-4-2-3-5-15(14)29-19/h2-9H,10-11H2,1H3,(H2,20,22,23,25). The zero-order chi connectivity index (χ0) is 20.6. The Kier molecular flexibility index (Phi) is 7.04. The molecule has 29 heavy (non-hydrogen) atoms. The molecule has 0 saturated heterocycles. The van der Waals surface area contributed by atoms with E-state index in [4.69, 9.17) is 9.47 Å². The molecule has 0 saturated carbocycles. The van der Waals surface area contributed by atoms with E-state index in [0.29, 0.717) is 11.4 Å². The number of hydrogen-bond donors (Lipinski definition) is 2. The van der Waals surface area contributed by atoms with Gasteiger partial charge in [-0.2, -0.15) is 0 Å². The highest BCUT2D eigenvalue weighted by Gasteiger charge is 2.13. The molecular formula is C19H17N3O5S2. The molecule has 0 aliphatic carbocycles. The largest absolute Gasteiger partial charge is 0.497 e. The molecule has 3 rings (SSSR count). The van der Waals surface area contributed by atoms with Gasteiger partial charge < -0.3 is 14.8 Å². The highest BCUT2D eigenvalue weighted by molar-refractivity contribution is 8.01. The van der Waals surface area contributed by atoms with Gasteiger partial charge in [-0.3, -0.25) is 14.9 Å². The van der Waals surface area contributed by atoms with Crippen molar-refractivity contribution in [3.05, 3.63) is 48.5 Å². The molecule has 2 N–H and O–H groups in total. The molecule has 0 aliphatic rings. The lowest BCUT2D eigenvalue weighted by molar-refractivity contribution is -0.145. The monoisotopic (exact) mass is 431 g/mol. The van der Waals surface area contributed by atoms with Gasteiger partial charge in [0.05, 0.1) is 23.1 Å². The van der Waals surface area contributed by atoms with Crippen LogP contribution in [0.2, 0.25) is 0 Å². The molecule has 3 amide bonds. The van der Waals surface area contributed by atoms with Gasteiger partial charge in [-0.1, -0.05) is 23.9 Å². The number of benzene rings is 2. The van der Waals surface area contributed by atoms with E-state index in [1.165, 1.54) is 30.2 Å². The molecule has 0 fully saturated rings. The van der Waals surface area contributed by atoms with Crippen molar-refractivity contribution < 1.29 is 23.9 Å². The molecule has 0 unspecified atom stereocenters. The topological polar surface area (TPSA) is 107 Å². The summed E-state index contributed by atoms with van der Waals surface area (Å²) < 4.78 is 11.7. The second-order valence-electron chi connectivity index (χ2n) is 5.63. The summed E-state index contributed by atoms with van der Waals surface area (Å²) in [4.78, 5) is 39.8. The number of para-hydroxylation sites is 1. The third kappa shape index (κ3) is 6.19. The number of nitrogens with one attached hydrogen (secondary N) is 2. The second-order valence-corrected chi connectivity index (χ2v) is 7.88. The molecule has 10 heteroatoms. The first-order valence-corrected chi connectivity index (χ1v) is 10.2. The lowest BCUT2D eigenvalue weighted by atomic mass is 10.3. The van der Waals surface area contributed by atoms with Crippen molar-refractivity contribution in [2.24, 2.45) is 0 Å². The lowest BCUT2D eigenvalue weighted by Gasteiger charge is -2.08. The van der Waals surface area contributed by atoms with Crippen LogP contribution in [0, 0.1) is 0 Å². The molecule has 0 radical (unpaired) electrons. The fourth-order valence-corrected chi connectivity index (χ4v) is 4.09. The van der Waals surface area contributed by atoms with Gasteiger partial charge in [0, 0.05) is 5.69 Å². The molecule has 2 aromatic carbocycles. The van der Waals surface area contributed by atoms with E-state index in [1.807, 2.05) is 24.3 Å². The number of methoxy groups -OCH3 is 1. The van der Waals surface area contributed by atoms with Gasteiger partial charge in [-0.25, -0.2) is 9.78 Å². The smallest absolute Gasteiger partial charge is 0.325 e. The number of carbonyl (C=O) groups excluding carboxylic acids is 3. The minimum atomic E-state index is -0.727. The Labute approximate surface area is 174 Å². The molecule has 0 bridgehead atoms. The zero-order valence-electron chi connectivity index (χ0n) is 15.3. The van der Waals surface area contributed by atoms with Gasteiger partial charge in [0.25, 0.3) is 5.91 Å². The summed E-state index contributed by atoms with van der Waals surface area (Å²) in [5, 5.41) is 4.58. The number of aromatic nitrogens is 1. The molecule has 1 heterocycles. The fraction of sp³-hybridized carbons (Fsp3) is 0.158. The van der Waals surface area contributed by atoms with Crippen LogP contribution in [0.15, 0.2) is 52.9 Å². The quantitative estimate of drug-likeness (QED) is 0.437. The number of ether oxygens (including phenoxy) is 2. The molecule has 0 spiro atoms. The number of amides is 3. The van der Waals surface area contributed by atoms with E-state index in [9.17, 15) is 14.4 Å². The Morgan fingerprint density at radius 3 is 2.59 bits per heavy atom. The summed E-state index contributed by atoms with van der Waals surface area (Å²) in [5.41, 5.74) is 1.36. The number of esters is 1. The van der Waals surface area contributed by atoms with E-state index in [1.54, 1.807) is 24.3 Å². The van der Waals surface area contributed by atoms with Crippen molar-refractivity contribution in [1.29, 1.82) is 0 Å². The van der Waals surface area contributed by atoms with Gasteiger partial charge in [-0.05, 0) is 36.4 Å². The number of fused-ring (bicyclic) bond motifs is 1. The summed E-state index contributed by atoms with van der Waals surface area (Å²) in [6.45, 7) is -0.546. The van der Waals surface area contributed by atoms with Crippen LogP contribution in [0.25, 0.3) is 10.2 Å². The van der Waals surface area contributed by atoms with Crippen molar-refractivity contribution in [2.45, 2.75) is 4.34 Å². The van der Waals surface area contributed by atoms with E-state index in [2.05, 4.69) is 15.6 Å². The Balaban J connectivity index is 1.37. The molecule has 1 aromatic heterocycles. The van der Waals surface area contributed by atoms with Crippen LogP contribution in [0.1, 0.15) is 0 Å². The van der Waals surface area contributed by atoms with E-state index >= 15 is 0 Å². The van der Waals surface area contributed by atoms with Crippen molar-refractivity contribution in [3.8, 4) is 5.75 Å². The van der Waals surface area contributed by atoms with Gasteiger partial charge in [0.1, 0.15) is 5.75 Å². The SMILES string of the molecule is COc1ccc(NC(=O)NC(=O)COC(=O)CSc2nc3ccccc3s2)cc1. The number of anilines is 1. The summed E-state index contributed by atoms with van der Waals surface area (Å²) in [5.74, 6) is -0.637. The van der Waals surface area contributed by atoms with Crippen LogP contribution < -0.4 is 15.4 Å². The highest BCUT2D eigenvalue weighted by atomic mass is 32.2.